The first-order valence-corrected chi connectivity index (χ1v) is 5.47. The van der Waals surface area contributed by atoms with Crippen molar-refractivity contribution in [1.82, 2.24) is 10.6 Å². The van der Waals surface area contributed by atoms with Gasteiger partial charge in [-0.3, -0.25) is 9.59 Å². The Morgan fingerprint density at radius 1 is 1.29 bits per heavy atom. The number of nitrogens with two attached hydrogens (primary N) is 1. The van der Waals surface area contributed by atoms with Crippen molar-refractivity contribution >= 4 is 11.8 Å². The lowest BCUT2D eigenvalue weighted by Gasteiger charge is -2.15. The maximum absolute atomic E-state index is 11.4. The summed E-state index contributed by atoms with van der Waals surface area (Å²) in [5.74, 6) is -0.839. The van der Waals surface area contributed by atoms with Crippen molar-refractivity contribution in [3.63, 3.8) is 0 Å². The molecule has 0 bridgehead atoms. The average molecular weight is 247 g/mol. The molecule has 17 heavy (non-hydrogen) atoms. The van der Waals surface area contributed by atoms with Crippen LogP contribution in [0.5, 0.6) is 0 Å². The molecular weight excluding hydrogens is 226 g/mol. The summed E-state index contributed by atoms with van der Waals surface area (Å²) < 4.78 is 0. The molecule has 0 aromatic rings. The summed E-state index contributed by atoms with van der Waals surface area (Å²) in [6.45, 7) is 2.94. The normalized spacial score (nSPS) is 14.2. The van der Waals surface area contributed by atoms with Gasteiger partial charge < -0.3 is 26.6 Å². The van der Waals surface area contributed by atoms with Crippen LogP contribution in [0.25, 0.3) is 0 Å². The third-order valence-corrected chi connectivity index (χ3v) is 2.19. The standard InChI is InChI=1S/C10H21N3O4/c1-6(2)9(11)10(17)13-4-8(16)12-3-7(15)5-14/h6-7,9,14-15H,3-5,11H2,1-2H3,(H,12,16)(H,13,17)/t7?,9-/m0/s1. The highest BCUT2D eigenvalue weighted by atomic mass is 16.3. The van der Waals surface area contributed by atoms with E-state index in [1.54, 1.807) is 0 Å². The Labute approximate surface area is 100 Å². The molecule has 1 unspecified atom stereocenters. The number of hydrogen-bond donors (Lipinski definition) is 5. The van der Waals surface area contributed by atoms with E-state index in [1.165, 1.54) is 0 Å². The number of carbonyl (C=O) groups is 2. The van der Waals surface area contributed by atoms with E-state index in [0.717, 1.165) is 0 Å². The number of hydrogen-bond acceptors (Lipinski definition) is 5. The number of amides is 2. The average Bonchev–Trinajstić information content (AvgIpc) is 2.31. The van der Waals surface area contributed by atoms with E-state index >= 15 is 0 Å². The largest absolute Gasteiger partial charge is 0.394 e. The van der Waals surface area contributed by atoms with Gasteiger partial charge in [-0.1, -0.05) is 13.8 Å². The monoisotopic (exact) mass is 247 g/mol. The van der Waals surface area contributed by atoms with Gasteiger partial charge in [0.15, 0.2) is 0 Å². The molecule has 0 fully saturated rings. The van der Waals surface area contributed by atoms with E-state index in [4.69, 9.17) is 15.9 Å². The number of aliphatic hydroxyl groups is 2. The lowest BCUT2D eigenvalue weighted by Crippen LogP contribution is -2.47. The molecule has 7 nitrogen and oxygen atoms in total. The molecule has 0 aromatic carbocycles. The van der Waals surface area contributed by atoms with Crippen LogP contribution < -0.4 is 16.4 Å². The molecule has 0 spiro atoms. The third kappa shape index (κ3) is 6.88. The molecule has 0 aromatic heterocycles. The van der Waals surface area contributed by atoms with Crippen molar-refractivity contribution in [2.75, 3.05) is 19.7 Å². The molecule has 0 saturated carbocycles. The first-order chi connectivity index (χ1) is 7.88. The summed E-state index contributed by atoms with van der Waals surface area (Å²) >= 11 is 0. The van der Waals surface area contributed by atoms with E-state index in [-0.39, 0.29) is 19.0 Å². The Balaban J connectivity index is 3.81. The second-order valence-corrected chi connectivity index (χ2v) is 4.13. The van der Waals surface area contributed by atoms with Crippen LogP contribution in [0.2, 0.25) is 0 Å². The minimum atomic E-state index is -0.993. The van der Waals surface area contributed by atoms with Gasteiger partial charge in [0.2, 0.25) is 11.8 Å². The molecule has 2 amide bonds. The van der Waals surface area contributed by atoms with Gasteiger partial charge in [0.1, 0.15) is 0 Å². The van der Waals surface area contributed by atoms with Crippen LogP contribution in [0.15, 0.2) is 0 Å². The Hall–Kier alpha value is -1.18. The second-order valence-electron chi connectivity index (χ2n) is 4.13. The summed E-state index contributed by atoms with van der Waals surface area (Å²) in [4.78, 5) is 22.6. The minimum absolute atomic E-state index is 0.00530. The van der Waals surface area contributed by atoms with Crippen LogP contribution in [0.4, 0.5) is 0 Å². The number of rotatable bonds is 7. The summed E-state index contributed by atoms with van der Waals surface area (Å²) in [7, 11) is 0. The predicted molar refractivity (Wildman–Crippen MR) is 61.9 cm³/mol. The zero-order valence-electron chi connectivity index (χ0n) is 10.1. The maximum Gasteiger partial charge on any atom is 0.239 e. The summed E-state index contributed by atoms with van der Waals surface area (Å²) in [6.07, 6.45) is -0.993. The molecule has 100 valence electrons. The van der Waals surface area contributed by atoms with E-state index in [9.17, 15) is 9.59 Å². The molecule has 6 N–H and O–H groups in total. The Kier molecular flexibility index (Phi) is 7.44. The quantitative estimate of drug-likeness (QED) is 0.342. The maximum atomic E-state index is 11.4. The zero-order chi connectivity index (χ0) is 13.4. The molecule has 0 aliphatic carbocycles. The van der Waals surface area contributed by atoms with Gasteiger partial charge in [0, 0.05) is 6.54 Å². The van der Waals surface area contributed by atoms with Crippen molar-refractivity contribution in [3.8, 4) is 0 Å². The third-order valence-electron chi connectivity index (χ3n) is 2.19. The molecule has 0 radical (unpaired) electrons. The zero-order valence-corrected chi connectivity index (χ0v) is 10.1. The molecule has 0 heterocycles. The van der Waals surface area contributed by atoms with Gasteiger partial charge in [-0.25, -0.2) is 0 Å². The Morgan fingerprint density at radius 2 is 1.88 bits per heavy atom. The fourth-order valence-electron chi connectivity index (χ4n) is 0.947. The fraction of sp³-hybridized carbons (Fsp3) is 0.800. The highest BCUT2D eigenvalue weighted by molar-refractivity contribution is 5.87. The van der Waals surface area contributed by atoms with Crippen LogP contribution >= 0.6 is 0 Å². The highest BCUT2D eigenvalue weighted by Gasteiger charge is 2.17. The van der Waals surface area contributed by atoms with Crippen molar-refractivity contribution < 1.29 is 19.8 Å². The van der Waals surface area contributed by atoms with E-state index in [0.29, 0.717) is 0 Å². The SMILES string of the molecule is CC(C)[C@H](N)C(=O)NCC(=O)NCC(O)CO. The van der Waals surface area contributed by atoms with E-state index < -0.39 is 30.6 Å². The van der Waals surface area contributed by atoms with Gasteiger partial charge in [0.05, 0.1) is 25.3 Å². The smallest absolute Gasteiger partial charge is 0.239 e. The van der Waals surface area contributed by atoms with Crippen molar-refractivity contribution in [1.29, 1.82) is 0 Å². The van der Waals surface area contributed by atoms with Crippen LogP contribution in [0.1, 0.15) is 13.8 Å². The van der Waals surface area contributed by atoms with Gasteiger partial charge in [-0.15, -0.1) is 0 Å². The van der Waals surface area contributed by atoms with Gasteiger partial charge in [-0.05, 0) is 5.92 Å². The first kappa shape index (κ1) is 15.8. The van der Waals surface area contributed by atoms with Gasteiger partial charge in [-0.2, -0.15) is 0 Å². The topological polar surface area (TPSA) is 125 Å². The van der Waals surface area contributed by atoms with Crippen molar-refractivity contribution in [2.45, 2.75) is 26.0 Å². The summed E-state index contributed by atoms with van der Waals surface area (Å²) in [5.41, 5.74) is 5.57. The fourth-order valence-corrected chi connectivity index (χ4v) is 0.947. The lowest BCUT2D eigenvalue weighted by molar-refractivity contribution is -0.127. The van der Waals surface area contributed by atoms with Gasteiger partial charge in [0.25, 0.3) is 0 Å². The Bertz CT molecular complexity index is 258. The molecule has 0 rings (SSSR count). The van der Waals surface area contributed by atoms with Crippen LogP contribution in [0.3, 0.4) is 0 Å². The number of carbonyl (C=O) groups excluding carboxylic acids is 2. The van der Waals surface area contributed by atoms with Gasteiger partial charge >= 0.3 is 0 Å². The molecular formula is C10H21N3O4. The van der Waals surface area contributed by atoms with Crippen molar-refractivity contribution in [3.05, 3.63) is 0 Å². The summed E-state index contributed by atoms with van der Waals surface area (Å²) in [6, 6.07) is -0.647. The molecule has 2 atom stereocenters. The van der Waals surface area contributed by atoms with E-state index in [1.807, 2.05) is 13.8 Å². The molecule has 0 saturated heterocycles. The van der Waals surface area contributed by atoms with Crippen LogP contribution in [-0.4, -0.2) is 53.9 Å². The molecule has 7 heteroatoms. The summed E-state index contributed by atoms with van der Waals surface area (Å²) in [5, 5.41) is 22.2. The van der Waals surface area contributed by atoms with E-state index in [2.05, 4.69) is 10.6 Å². The lowest BCUT2D eigenvalue weighted by atomic mass is 10.1. The minimum Gasteiger partial charge on any atom is -0.394 e. The number of aliphatic hydroxyl groups excluding tert-OH is 2. The van der Waals surface area contributed by atoms with Crippen LogP contribution in [-0.2, 0) is 9.59 Å². The second kappa shape index (κ2) is 7.99. The first-order valence-electron chi connectivity index (χ1n) is 5.47. The molecule has 0 aliphatic rings. The Morgan fingerprint density at radius 3 is 2.35 bits per heavy atom. The number of nitrogens with one attached hydrogen (secondary N) is 2. The van der Waals surface area contributed by atoms with Crippen molar-refractivity contribution in [2.24, 2.45) is 11.7 Å². The molecule has 0 aliphatic heterocycles. The highest BCUT2D eigenvalue weighted by Crippen LogP contribution is 1.97. The predicted octanol–water partition coefficient (Wildman–Crippen LogP) is -2.44. The van der Waals surface area contributed by atoms with Crippen LogP contribution in [0, 0.1) is 5.92 Å².